The predicted molar refractivity (Wildman–Crippen MR) is 57.0 cm³/mol. The highest BCUT2D eigenvalue weighted by Gasteiger charge is 2.43. The van der Waals surface area contributed by atoms with E-state index >= 15 is 0 Å². The summed E-state index contributed by atoms with van der Waals surface area (Å²) in [6, 6.07) is 0.392. The lowest BCUT2D eigenvalue weighted by Crippen LogP contribution is -2.34. The Kier molecular flexibility index (Phi) is 2.54. The van der Waals surface area contributed by atoms with E-state index in [4.69, 9.17) is 0 Å². The van der Waals surface area contributed by atoms with E-state index in [9.17, 15) is 4.79 Å². The fourth-order valence-electron chi connectivity index (χ4n) is 3.04. The summed E-state index contributed by atoms with van der Waals surface area (Å²) in [6.45, 7) is 5.28. The summed E-state index contributed by atoms with van der Waals surface area (Å²) < 4.78 is 0. The van der Waals surface area contributed by atoms with Crippen LogP contribution in [0, 0.1) is 5.41 Å². The molecular weight excluding hydrogens is 174 g/mol. The standard InChI is InChI=1S/C12H21NO/c1-10(2)13-9-12(8-11(13)14)6-4-3-5-7-12/h10H,3-9H2,1-2H3. The number of rotatable bonds is 1. The summed E-state index contributed by atoms with van der Waals surface area (Å²) in [5.74, 6) is 0.391. The van der Waals surface area contributed by atoms with E-state index in [0.717, 1.165) is 13.0 Å². The molecule has 1 amide bonds. The number of nitrogens with zero attached hydrogens (tertiary/aromatic N) is 1. The Hall–Kier alpha value is -0.530. The third kappa shape index (κ3) is 1.67. The van der Waals surface area contributed by atoms with Crippen LogP contribution in [0.1, 0.15) is 52.4 Å². The van der Waals surface area contributed by atoms with Crippen LogP contribution in [0.3, 0.4) is 0 Å². The van der Waals surface area contributed by atoms with E-state index < -0.39 is 0 Å². The molecule has 14 heavy (non-hydrogen) atoms. The molecule has 0 aromatic heterocycles. The highest BCUT2D eigenvalue weighted by molar-refractivity contribution is 5.79. The summed E-state index contributed by atoms with van der Waals surface area (Å²) in [5.41, 5.74) is 0.375. The minimum atomic E-state index is 0.375. The molecule has 0 radical (unpaired) electrons. The van der Waals surface area contributed by atoms with Crippen LogP contribution in [0.25, 0.3) is 0 Å². The fourth-order valence-corrected chi connectivity index (χ4v) is 3.04. The van der Waals surface area contributed by atoms with Gasteiger partial charge in [0, 0.05) is 19.0 Å². The van der Waals surface area contributed by atoms with Gasteiger partial charge in [0.25, 0.3) is 0 Å². The van der Waals surface area contributed by atoms with Crippen molar-refractivity contribution in [2.45, 2.75) is 58.4 Å². The molecule has 1 heterocycles. The average molecular weight is 195 g/mol. The van der Waals surface area contributed by atoms with Gasteiger partial charge in [-0.25, -0.2) is 0 Å². The molecule has 0 atom stereocenters. The lowest BCUT2D eigenvalue weighted by Gasteiger charge is -2.33. The molecule has 2 rings (SSSR count). The van der Waals surface area contributed by atoms with Crippen molar-refractivity contribution in [1.29, 1.82) is 0 Å². The van der Waals surface area contributed by atoms with Crippen LogP contribution >= 0.6 is 0 Å². The van der Waals surface area contributed by atoms with Gasteiger partial charge in [-0.15, -0.1) is 0 Å². The Morgan fingerprint density at radius 1 is 1.21 bits per heavy atom. The molecule has 0 bridgehead atoms. The van der Waals surface area contributed by atoms with Crippen molar-refractivity contribution in [3.63, 3.8) is 0 Å². The molecule has 0 aromatic carbocycles. The molecule has 2 fully saturated rings. The molecule has 1 spiro atoms. The van der Waals surface area contributed by atoms with Gasteiger partial charge in [0.05, 0.1) is 0 Å². The molecule has 1 aliphatic carbocycles. The van der Waals surface area contributed by atoms with E-state index in [1.807, 2.05) is 0 Å². The first-order valence-electron chi connectivity index (χ1n) is 5.92. The molecule has 0 N–H and O–H groups in total. The summed E-state index contributed by atoms with van der Waals surface area (Å²) in [4.78, 5) is 13.9. The van der Waals surface area contributed by atoms with Gasteiger partial charge < -0.3 is 4.90 Å². The van der Waals surface area contributed by atoms with E-state index in [-0.39, 0.29) is 0 Å². The third-order valence-corrected chi connectivity index (χ3v) is 3.89. The zero-order chi connectivity index (χ0) is 10.2. The molecule has 1 aliphatic heterocycles. The molecule has 0 aromatic rings. The number of carbonyl (C=O) groups is 1. The Labute approximate surface area is 86.7 Å². The minimum Gasteiger partial charge on any atom is -0.340 e. The van der Waals surface area contributed by atoms with E-state index in [0.29, 0.717) is 17.4 Å². The van der Waals surface area contributed by atoms with Gasteiger partial charge >= 0.3 is 0 Å². The van der Waals surface area contributed by atoms with E-state index in [2.05, 4.69) is 18.7 Å². The van der Waals surface area contributed by atoms with Crippen LogP contribution in [-0.4, -0.2) is 23.4 Å². The first-order chi connectivity index (χ1) is 6.63. The minimum absolute atomic E-state index is 0.375. The van der Waals surface area contributed by atoms with Gasteiger partial charge in [0.15, 0.2) is 0 Å². The maximum absolute atomic E-state index is 11.8. The maximum Gasteiger partial charge on any atom is 0.223 e. The lowest BCUT2D eigenvalue weighted by molar-refractivity contribution is -0.129. The second-order valence-electron chi connectivity index (χ2n) is 5.35. The quantitative estimate of drug-likeness (QED) is 0.629. The van der Waals surface area contributed by atoms with Crippen LogP contribution in [-0.2, 0) is 4.79 Å². The smallest absolute Gasteiger partial charge is 0.223 e. The summed E-state index contributed by atoms with van der Waals surface area (Å²) in [7, 11) is 0. The first-order valence-corrected chi connectivity index (χ1v) is 5.92. The van der Waals surface area contributed by atoms with Crippen molar-refractivity contribution < 1.29 is 4.79 Å². The Bertz CT molecular complexity index is 228. The first kappa shape index (κ1) is 10.0. The molecular formula is C12H21NO. The highest BCUT2D eigenvalue weighted by Crippen LogP contribution is 2.44. The Balaban J connectivity index is 2.07. The SMILES string of the molecule is CC(C)N1CC2(CCCCC2)CC1=O. The van der Waals surface area contributed by atoms with Crippen molar-refractivity contribution in [2.75, 3.05) is 6.54 Å². The van der Waals surface area contributed by atoms with E-state index in [1.165, 1.54) is 32.1 Å². The maximum atomic E-state index is 11.8. The van der Waals surface area contributed by atoms with Crippen molar-refractivity contribution in [1.82, 2.24) is 4.90 Å². The van der Waals surface area contributed by atoms with Gasteiger partial charge in [0.2, 0.25) is 5.91 Å². The normalized spacial score (nSPS) is 26.5. The Morgan fingerprint density at radius 2 is 1.86 bits per heavy atom. The summed E-state index contributed by atoms with van der Waals surface area (Å²) >= 11 is 0. The van der Waals surface area contributed by atoms with Crippen molar-refractivity contribution >= 4 is 5.91 Å². The van der Waals surface area contributed by atoms with Gasteiger partial charge in [-0.1, -0.05) is 19.3 Å². The molecule has 80 valence electrons. The monoisotopic (exact) mass is 195 g/mol. The zero-order valence-electron chi connectivity index (χ0n) is 9.38. The fraction of sp³-hybridized carbons (Fsp3) is 0.917. The average Bonchev–Trinajstić information content (AvgIpc) is 2.44. The third-order valence-electron chi connectivity index (χ3n) is 3.89. The zero-order valence-corrected chi connectivity index (χ0v) is 9.38. The van der Waals surface area contributed by atoms with Crippen LogP contribution in [0.15, 0.2) is 0 Å². The highest BCUT2D eigenvalue weighted by atomic mass is 16.2. The summed E-state index contributed by atoms with van der Waals surface area (Å²) in [6.07, 6.45) is 7.42. The number of carbonyl (C=O) groups excluding carboxylic acids is 1. The van der Waals surface area contributed by atoms with E-state index in [1.54, 1.807) is 0 Å². The van der Waals surface area contributed by atoms with Crippen LogP contribution in [0.2, 0.25) is 0 Å². The van der Waals surface area contributed by atoms with Gasteiger partial charge in [-0.2, -0.15) is 0 Å². The number of amides is 1. The number of likely N-dealkylation sites (tertiary alicyclic amines) is 1. The van der Waals surface area contributed by atoms with Gasteiger partial charge in [0.1, 0.15) is 0 Å². The summed E-state index contributed by atoms with van der Waals surface area (Å²) in [5, 5.41) is 0. The topological polar surface area (TPSA) is 20.3 Å². The van der Waals surface area contributed by atoms with Crippen LogP contribution in [0.5, 0.6) is 0 Å². The molecule has 2 heteroatoms. The van der Waals surface area contributed by atoms with Crippen molar-refractivity contribution in [2.24, 2.45) is 5.41 Å². The van der Waals surface area contributed by atoms with Crippen LogP contribution < -0.4 is 0 Å². The van der Waals surface area contributed by atoms with Gasteiger partial charge in [-0.05, 0) is 32.1 Å². The second-order valence-corrected chi connectivity index (χ2v) is 5.35. The number of hydrogen-bond acceptors (Lipinski definition) is 1. The molecule has 0 unspecified atom stereocenters. The van der Waals surface area contributed by atoms with Crippen LogP contribution in [0.4, 0.5) is 0 Å². The molecule has 2 nitrogen and oxygen atoms in total. The molecule has 2 aliphatic rings. The lowest BCUT2D eigenvalue weighted by atomic mass is 9.73. The van der Waals surface area contributed by atoms with Crippen molar-refractivity contribution in [3.05, 3.63) is 0 Å². The predicted octanol–water partition coefficient (Wildman–Crippen LogP) is 2.58. The van der Waals surface area contributed by atoms with Gasteiger partial charge in [-0.3, -0.25) is 4.79 Å². The Morgan fingerprint density at radius 3 is 2.36 bits per heavy atom. The number of hydrogen-bond donors (Lipinski definition) is 0. The molecule has 1 saturated carbocycles. The largest absolute Gasteiger partial charge is 0.340 e. The second kappa shape index (κ2) is 3.56. The molecule has 1 saturated heterocycles. The van der Waals surface area contributed by atoms with Crippen molar-refractivity contribution in [3.8, 4) is 0 Å².